The van der Waals surface area contributed by atoms with Crippen molar-refractivity contribution in [2.45, 2.75) is 6.67 Å². The number of carbonyl (C=O) groups excluding carboxylic acids is 2. The first-order valence-corrected chi connectivity index (χ1v) is 4.84. The fraction of sp³-hybridized carbons (Fsp3) is 0.0909. The van der Waals surface area contributed by atoms with E-state index in [1.807, 2.05) is 0 Å². The summed E-state index contributed by atoms with van der Waals surface area (Å²) in [5.41, 5.74) is 5.15. The summed E-state index contributed by atoms with van der Waals surface area (Å²) in [5, 5.41) is 11.1. The average molecular weight is 236 g/mol. The fourth-order valence-corrected chi connectivity index (χ4v) is 1.68. The van der Waals surface area contributed by atoms with Gasteiger partial charge in [0, 0.05) is 6.07 Å². The Balaban J connectivity index is 2.55. The van der Waals surface area contributed by atoms with Crippen molar-refractivity contribution in [3.63, 3.8) is 0 Å². The van der Waals surface area contributed by atoms with E-state index >= 15 is 0 Å². The van der Waals surface area contributed by atoms with E-state index in [9.17, 15) is 19.2 Å². The number of primary amides is 1. The van der Waals surface area contributed by atoms with E-state index in [0.717, 1.165) is 6.20 Å². The SMILES string of the molecule is NC(=O)C1=C[NH+]([O-])c2cc(CF)ccc2C1=O. The van der Waals surface area contributed by atoms with Gasteiger partial charge in [-0.15, -0.1) is 0 Å². The smallest absolute Gasteiger partial charge is 0.258 e. The van der Waals surface area contributed by atoms with Crippen molar-refractivity contribution in [1.82, 2.24) is 0 Å². The number of rotatable bonds is 2. The number of Topliss-reactive ketones (excluding diaryl/α,β-unsaturated/α-hetero) is 1. The standard InChI is InChI=1S/C11H9FN2O3/c12-4-6-1-2-7-9(3-6)14(17)5-8(10(7)15)11(13)16/h1-3,5,14H,4H2,(H2,13,16). The molecule has 0 aliphatic carbocycles. The third-order valence-electron chi connectivity index (χ3n) is 2.53. The van der Waals surface area contributed by atoms with E-state index < -0.39 is 23.4 Å². The molecule has 0 bridgehead atoms. The van der Waals surface area contributed by atoms with E-state index in [1.54, 1.807) is 0 Å². The van der Waals surface area contributed by atoms with Crippen LogP contribution in [0.25, 0.3) is 0 Å². The molecule has 0 aromatic heterocycles. The maximum atomic E-state index is 12.4. The molecule has 1 aromatic carbocycles. The highest BCUT2D eigenvalue weighted by atomic mass is 19.1. The molecule has 17 heavy (non-hydrogen) atoms. The summed E-state index contributed by atoms with van der Waals surface area (Å²) in [5.74, 6) is -1.54. The van der Waals surface area contributed by atoms with Crippen molar-refractivity contribution in [3.05, 3.63) is 46.3 Å². The Bertz CT molecular complexity index is 540. The quantitative estimate of drug-likeness (QED) is 0.547. The Morgan fingerprint density at radius 1 is 1.47 bits per heavy atom. The Labute approximate surface area is 95.9 Å². The van der Waals surface area contributed by atoms with Gasteiger partial charge in [-0.1, -0.05) is 6.07 Å². The van der Waals surface area contributed by atoms with Crippen LogP contribution in [0.15, 0.2) is 30.0 Å². The summed E-state index contributed by atoms with van der Waals surface area (Å²) in [4.78, 5) is 22.8. The van der Waals surface area contributed by atoms with Crippen molar-refractivity contribution in [3.8, 4) is 0 Å². The first kappa shape index (κ1) is 11.4. The molecular formula is C11H9FN2O3. The van der Waals surface area contributed by atoms with E-state index in [4.69, 9.17) is 5.73 Å². The minimum Gasteiger partial charge on any atom is -0.624 e. The van der Waals surface area contributed by atoms with Gasteiger partial charge in [0.2, 0.25) is 5.78 Å². The van der Waals surface area contributed by atoms with Crippen LogP contribution in [0.5, 0.6) is 0 Å². The number of amides is 1. The number of alkyl halides is 1. The number of halogens is 1. The number of benzene rings is 1. The van der Waals surface area contributed by atoms with Gasteiger partial charge < -0.3 is 16.0 Å². The summed E-state index contributed by atoms with van der Waals surface area (Å²) < 4.78 is 12.4. The molecule has 0 fully saturated rings. The molecule has 0 spiro atoms. The summed E-state index contributed by atoms with van der Waals surface area (Å²) >= 11 is 0. The van der Waals surface area contributed by atoms with E-state index in [0.29, 0.717) is 5.56 Å². The highest BCUT2D eigenvalue weighted by Gasteiger charge is 2.29. The van der Waals surface area contributed by atoms with Crippen molar-refractivity contribution in [2.75, 3.05) is 0 Å². The fourth-order valence-electron chi connectivity index (χ4n) is 1.68. The van der Waals surface area contributed by atoms with E-state index in [1.165, 1.54) is 18.2 Å². The monoisotopic (exact) mass is 236 g/mol. The molecule has 6 heteroatoms. The molecule has 1 amide bonds. The highest BCUT2D eigenvalue weighted by Crippen LogP contribution is 2.21. The molecule has 1 aliphatic rings. The van der Waals surface area contributed by atoms with Crippen molar-refractivity contribution in [1.29, 1.82) is 0 Å². The lowest BCUT2D eigenvalue weighted by atomic mass is 9.97. The number of ketones is 1. The second-order valence-electron chi connectivity index (χ2n) is 3.63. The molecular weight excluding hydrogens is 227 g/mol. The molecule has 0 radical (unpaired) electrons. The van der Waals surface area contributed by atoms with Crippen molar-refractivity contribution < 1.29 is 19.0 Å². The Kier molecular flexibility index (Phi) is 2.74. The van der Waals surface area contributed by atoms with Crippen LogP contribution in [-0.4, -0.2) is 11.7 Å². The van der Waals surface area contributed by atoms with Crippen molar-refractivity contribution in [2.24, 2.45) is 5.73 Å². The molecule has 0 saturated heterocycles. The number of carbonyl (C=O) groups is 2. The number of nitrogens with one attached hydrogen (secondary N) is 1. The molecule has 0 saturated carbocycles. The summed E-state index contributed by atoms with van der Waals surface area (Å²) in [6.45, 7) is -0.721. The minimum atomic E-state index is -0.941. The number of hydrogen-bond acceptors (Lipinski definition) is 3. The number of nitrogens with two attached hydrogens (primary N) is 1. The van der Waals surface area contributed by atoms with Crippen LogP contribution in [-0.2, 0) is 11.5 Å². The highest BCUT2D eigenvalue weighted by molar-refractivity contribution is 6.26. The maximum Gasteiger partial charge on any atom is 0.258 e. The van der Waals surface area contributed by atoms with Gasteiger partial charge in [0.25, 0.3) is 5.91 Å². The zero-order valence-corrected chi connectivity index (χ0v) is 8.70. The van der Waals surface area contributed by atoms with E-state index in [2.05, 4.69) is 0 Å². The second kappa shape index (κ2) is 4.08. The summed E-state index contributed by atoms with van der Waals surface area (Å²) in [6.07, 6.45) is 0.898. The number of quaternary nitrogens is 1. The first-order chi connectivity index (χ1) is 8.04. The van der Waals surface area contributed by atoms with Crippen LogP contribution < -0.4 is 10.8 Å². The lowest BCUT2D eigenvalue weighted by molar-refractivity contribution is -0.715. The predicted octanol–water partition coefficient (Wildman–Crippen LogP) is -0.264. The largest absolute Gasteiger partial charge is 0.624 e. The third kappa shape index (κ3) is 1.83. The second-order valence-corrected chi connectivity index (χ2v) is 3.63. The topological polar surface area (TPSA) is 87.7 Å². The summed E-state index contributed by atoms with van der Waals surface area (Å²) in [7, 11) is 0. The molecule has 88 valence electrons. The lowest BCUT2D eigenvalue weighted by Crippen LogP contribution is -2.98. The Morgan fingerprint density at radius 2 is 2.18 bits per heavy atom. The van der Waals surface area contributed by atoms with Gasteiger partial charge >= 0.3 is 0 Å². The molecule has 1 heterocycles. The van der Waals surface area contributed by atoms with Gasteiger partial charge in [0.05, 0.1) is 5.56 Å². The predicted molar refractivity (Wildman–Crippen MR) is 56.9 cm³/mol. The van der Waals surface area contributed by atoms with Gasteiger partial charge in [0.1, 0.15) is 24.1 Å². The van der Waals surface area contributed by atoms with Crippen molar-refractivity contribution >= 4 is 17.4 Å². The van der Waals surface area contributed by atoms with Crippen LogP contribution in [0.1, 0.15) is 15.9 Å². The maximum absolute atomic E-state index is 12.4. The molecule has 1 unspecified atom stereocenters. The van der Waals surface area contributed by atoms with Crippen LogP contribution in [0.3, 0.4) is 0 Å². The van der Waals surface area contributed by atoms with Gasteiger partial charge in [-0.3, -0.25) is 9.59 Å². The Hall–Kier alpha value is -2.05. The van der Waals surface area contributed by atoms with Crippen LogP contribution in [0, 0.1) is 5.21 Å². The normalized spacial score (nSPS) is 18.6. The number of fused-ring (bicyclic) bond motifs is 1. The lowest BCUT2D eigenvalue weighted by Gasteiger charge is -2.24. The first-order valence-electron chi connectivity index (χ1n) is 4.84. The summed E-state index contributed by atoms with van der Waals surface area (Å²) in [6, 6.07) is 4.04. The zero-order chi connectivity index (χ0) is 12.6. The number of hydroxylamine groups is 1. The minimum absolute atomic E-state index is 0.0866. The van der Waals surface area contributed by atoms with Gasteiger partial charge in [0.15, 0.2) is 0 Å². The molecule has 5 nitrogen and oxygen atoms in total. The van der Waals surface area contributed by atoms with Crippen LogP contribution >= 0.6 is 0 Å². The third-order valence-corrected chi connectivity index (χ3v) is 2.53. The molecule has 1 atom stereocenters. The van der Waals surface area contributed by atoms with Crippen LogP contribution in [0.2, 0.25) is 0 Å². The number of hydrogen-bond donors (Lipinski definition) is 2. The van der Waals surface area contributed by atoms with Gasteiger partial charge in [-0.2, -0.15) is 0 Å². The van der Waals surface area contributed by atoms with Gasteiger partial charge in [-0.25, -0.2) is 4.39 Å². The zero-order valence-electron chi connectivity index (χ0n) is 8.70. The molecule has 3 N–H and O–H groups in total. The molecule has 2 rings (SSSR count). The Morgan fingerprint density at radius 3 is 2.76 bits per heavy atom. The molecule has 1 aromatic rings. The average Bonchev–Trinajstić information content (AvgIpc) is 2.32. The van der Waals surface area contributed by atoms with Crippen LogP contribution in [0.4, 0.5) is 10.1 Å². The molecule has 1 aliphatic heterocycles. The van der Waals surface area contributed by atoms with E-state index in [-0.39, 0.29) is 16.8 Å². The van der Waals surface area contributed by atoms with Gasteiger partial charge in [-0.05, 0) is 11.6 Å².